The fraction of sp³-hybridized carbons (Fsp3) is 0.345. The fourth-order valence-corrected chi connectivity index (χ4v) is 7.28. The number of benzene rings is 2. The minimum atomic E-state index is -0.189. The van der Waals surface area contributed by atoms with Gasteiger partial charge in [0, 0.05) is 33.8 Å². The number of carbonyl (C=O) groups is 1. The first-order chi connectivity index (χ1) is 18.0. The van der Waals surface area contributed by atoms with Crippen LogP contribution in [0.3, 0.4) is 0 Å². The zero-order valence-corrected chi connectivity index (χ0v) is 23.8. The van der Waals surface area contributed by atoms with E-state index in [4.69, 9.17) is 14.7 Å². The highest BCUT2D eigenvalue weighted by Crippen LogP contribution is 2.43. The number of hydrogen-bond acceptors (Lipinski definition) is 7. The van der Waals surface area contributed by atoms with E-state index in [1.165, 1.54) is 22.2 Å². The molecule has 3 heterocycles. The van der Waals surface area contributed by atoms with Gasteiger partial charge in [0.15, 0.2) is 5.16 Å². The molecular formula is C29H31N3O2S3. The Hall–Kier alpha value is -2.39. The molecule has 2 aromatic carbocycles. The number of aromatic nitrogens is 2. The second-order valence-corrected chi connectivity index (χ2v) is 12.4. The molecule has 4 aromatic rings. The van der Waals surface area contributed by atoms with Gasteiger partial charge >= 0.3 is 0 Å². The third-order valence-corrected chi connectivity index (χ3v) is 9.69. The number of thiophene rings is 1. The normalized spacial score (nSPS) is 17.1. The van der Waals surface area contributed by atoms with Gasteiger partial charge in [-0.2, -0.15) is 0 Å². The maximum Gasteiger partial charge on any atom is 0.241 e. The number of fused-ring (bicyclic) bond motifs is 3. The van der Waals surface area contributed by atoms with Crippen LogP contribution in [0.2, 0.25) is 0 Å². The Morgan fingerprint density at radius 2 is 1.70 bits per heavy atom. The fourth-order valence-electron chi connectivity index (χ4n) is 4.40. The zero-order chi connectivity index (χ0) is 25.8. The topological polar surface area (TPSA) is 55.3 Å². The number of anilines is 2. The van der Waals surface area contributed by atoms with E-state index < -0.39 is 0 Å². The molecule has 0 radical (unpaired) electrons. The molecule has 0 spiro atoms. The second kappa shape index (κ2) is 11.6. The van der Waals surface area contributed by atoms with E-state index in [2.05, 4.69) is 20.8 Å². The van der Waals surface area contributed by atoms with Crippen LogP contribution < -0.4 is 4.90 Å². The van der Waals surface area contributed by atoms with Crippen LogP contribution in [-0.4, -0.2) is 33.0 Å². The van der Waals surface area contributed by atoms with Gasteiger partial charge in [-0.15, -0.1) is 11.3 Å². The van der Waals surface area contributed by atoms with Gasteiger partial charge in [0.25, 0.3) is 0 Å². The summed E-state index contributed by atoms with van der Waals surface area (Å²) in [5, 5.41) is 2.79. The van der Waals surface area contributed by atoms with Crippen LogP contribution in [0, 0.1) is 0 Å². The van der Waals surface area contributed by atoms with Crippen LogP contribution in [0.4, 0.5) is 11.4 Å². The molecule has 0 saturated carbocycles. The Morgan fingerprint density at radius 3 is 2.32 bits per heavy atom. The summed E-state index contributed by atoms with van der Waals surface area (Å²) < 4.78 is 6.22. The number of amides is 1. The predicted octanol–water partition coefficient (Wildman–Crippen LogP) is 7.89. The van der Waals surface area contributed by atoms with Gasteiger partial charge in [-0.3, -0.25) is 9.69 Å². The predicted molar refractivity (Wildman–Crippen MR) is 156 cm³/mol. The van der Waals surface area contributed by atoms with Crippen molar-refractivity contribution in [1.82, 2.24) is 9.97 Å². The van der Waals surface area contributed by atoms with Crippen LogP contribution in [0.25, 0.3) is 10.2 Å². The van der Waals surface area contributed by atoms with Crippen molar-refractivity contribution in [2.45, 2.75) is 62.4 Å². The van der Waals surface area contributed by atoms with Crippen LogP contribution in [0.5, 0.6) is 0 Å². The molecule has 37 heavy (non-hydrogen) atoms. The Balaban J connectivity index is 1.49. The molecule has 1 amide bonds. The van der Waals surface area contributed by atoms with E-state index >= 15 is 0 Å². The highest BCUT2D eigenvalue weighted by atomic mass is 32.2. The van der Waals surface area contributed by atoms with E-state index in [1.54, 1.807) is 28.0 Å². The summed E-state index contributed by atoms with van der Waals surface area (Å²) in [5.41, 5.74) is 2.82. The number of hydrogen-bond donors (Lipinski definition) is 0. The number of rotatable bonds is 9. The molecule has 1 aliphatic heterocycles. The van der Waals surface area contributed by atoms with Crippen molar-refractivity contribution >= 4 is 62.4 Å². The molecular weight excluding hydrogens is 519 g/mol. The molecule has 192 valence electrons. The van der Waals surface area contributed by atoms with Crippen molar-refractivity contribution in [2.75, 3.05) is 16.4 Å². The molecule has 0 bridgehead atoms. The highest BCUT2D eigenvalue weighted by molar-refractivity contribution is 8.00. The van der Waals surface area contributed by atoms with Crippen molar-refractivity contribution in [3.05, 3.63) is 71.1 Å². The number of carbonyl (C=O) groups excluding carboxylic acids is 1. The summed E-state index contributed by atoms with van der Waals surface area (Å²) >= 11 is 4.91. The maximum absolute atomic E-state index is 13.7. The lowest BCUT2D eigenvalue weighted by molar-refractivity contribution is -0.115. The molecule has 5 rings (SSSR count). The monoisotopic (exact) mass is 549 g/mol. The first-order valence-electron chi connectivity index (χ1n) is 12.7. The Morgan fingerprint density at radius 1 is 1.03 bits per heavy atom. The van der Waals surface area contributed by atoms with E-state index in [9.17, 15) is 4.79 Å². The van der Waals surface area contributed by atoms with Crippen LogP contribution >= 0.6 is 34.9 Å². The lowest BCUT2D eigenvalue weighted by Crippen LogP contribution is -2.33. The van der Waals surface area contributed by atoms with Crippen LogP contribution in [-0.2, 0) is 22.6 Å². The molecule has 8 heteroatoms. The quantitative estimate of drug-likeness (QED) is 0.120. The van der Waals surface area contributed by atoms with Crippen LogP contribution in [0.1, 0.15) is 44.1 Å². The molecule has 0 aliphatic carbocycles. The molecule has 2 aromatic heterocycles. The first-order valence-corrected chi connectivity index (χ1v) is 15.4. The van der Waals surface area contributed by atoms with Gasteiger partial charge in [0.2, 0.25) is 5.91 Å². The second-order valence-electron chi connectivity index (χ2n) is 9.30. The molecule has 0 saturated heterocycles. The van der Waals surface area contributed by atoms with Gasteiger partial charge in [0.05, 0.1) is 18.0 Å². The SMILES string of the molecule is CCCSc1nc(SCC(=O)N(c2ccccc2)c2ccccc2)c2c3c(sc2n1)COC(C)(CC)C3. The Kier molecular flexibility index (Phi) is 8.19. The zero-order valence-electron chi connectivity index (χ0n) is 21.4. The number of para-hydroxylation sites is 2. The van der Waals surface area contributed by atoms with E-state index in [0.717, 1.165) is 56.8 Å². The summed E-state index contributed by atoms with van der Waals surface area (Å²) in [4.78, 5) is 27.6. The summed E-state index contributed by atoms with van der Waals surface area (Å²) in [5.74, 6) is 1.26. The number of thioether (sulfide) groups is 2. The molecule has 5 nitrogen and oxygen atoms in total. The minimum absolute atomic E-state index is 0.0164. The van der Waals surface area contributed by atoms with Gasteiger partial charge in [-0.1, -0.05) is 73.8 Å². The maximum atomic E-state index is 13.7. The first kappa shape index (κ1) is 26.2. The molecule has 1 unspecified atom stereocenters. The summed E-state index contributed by atoms with van der Waals surface area (Å²) in [6.45, 7) is 7.12. The summed E-state index contributed by atoms with van der Waals surface area (Å²) in [6, 6.07) is 19.7. The smallest absolute Gasteiger partial charge is 0.241 e. The van der Waals surface area contributed by atoms with Crippen molar-refractivity contribution in [3.8, 4) is 0 Å². The molecule has 1 aliphatic rings. The highest BCUT2D eigenvalue weighted by Gasteiger charge is 2.33. The third-order valence-electron chi connectivity index (χ3n) is 6.58. The van der Waals surface area contributed by atoms with Gasteiger partial charge in [0.1, 0.15) is 9.86 Å². The van der Waals surface area contributed by atoms with Crippen LogP contribution in [0.15, 0.2) is 70.8 Å². The summed E-state index contributed by atoms with van der Waals surface area (Å²) in [6.07, 6.45) is 2.84. The number of nitrogens with zero attached hydrogens (tertiary/aromatic N) is 3. The van der Waals surface area contributed by atoms with Crippen molar-refractivity contribution in [1.29, 1.82) is 0 Å². The minimum Gasteiger partial charge on any atom is -0.369 e. The average Bonchev–Trinajstić information content (AvgIpc) is 3.29. The average molecular weight is 550 g/mol. The largest absolute Gasteiger partial charge is 0.369 e. The third kappa shape index (κ3) is 5.72. The van der Waals surface area contributed by atoms with Gasteiger partial charge < -0.3 is 4.74 Å². The van der Waals surface area contributed by atoms with Gasteiger partial charge in [-0.05, 0) is 49.6 Å². The van der Waals surface area contributed by atoms with E-state index in [0.29, 0.717) is 6.61 Å². The van der Waals surface area contributed by atoms with Crippen molar-refractivity contribution in [2.24, 2.45) is 0 Å². The molecule has 0 fully saturated rings. The Bertz CT molecular complexity index is 1340. The van der Waals surface area contributed by atoms with Crippen molar-refractivity contribution < 1.29 is 9.53 Å². The lowest BCUT2D eigenvalue weighted by atomic mass is 9.90. The Labute approximate surface area is 231 Å². The standard InChI is InChI=1S/C29H31N3O2S3/c1-4-16-35-28-30-26(25-22-17-29(3,5-2)34-18-23(22)37-27(25)31-28)36-19-24(33)32(20-12-8-6-9-13-20)21-14-10-7-11-15-21/h6-15H,4-5,16-19H2,1-3H3. The molecule has 0 N–H and O–H groups in total. The van der Waals surface area contributed by atoms with Crippen molar-refractivity contribution in [3.63, 3.8) is 0 Å². The number of ether oxygens (including phenoxy) is 1. The van der Waals surface area contributed by atoms with Gasteiger partial charge in [-0.25, -0.2) is 9.97 Å². The van der Waals surface area contributed by atoms with E-state index in [-0.39, 0.29) is 17.3 Å². The van der Waals surface area contributed by atoms with E-state index in [1.807, 2.05) is 60.7 Å². The molecule has 1 atom stereocenters. The summed E-state index contributed by atoms with van der Waals surface area (Å²) in [7, 11) is 0. The lowest BCUT2D eigenvalue weighted by Gasteiger charge is -2.33.